The number of benzene rings is 3. The van der Waals surface area contributed by atoms with Gasteiger partial charge in [-0.2, -0.15) is 0 Å². The van der Waals surface area contributed by atoms with Gasteiger partial charge < -0.3 is 22.1 Å². The van der Waals surface area contributed by atoms with Crippen LogP contribution < -0.4 is 22.1 Å². The number of hydrogen-bond donors (Lipinski definition) is 4. The van der Waals surface area contributed by atoms with E-state index in [9.17, 15) is 19.2 Å². The molecule has 0 radical (unpaired) electrons. The predicted octanol–water partition coefficient (Wildman–Crippen LogP) is 2.39. The molecule has 3 rings (SSSR count). The first kappa shape index (κ1) is 20.3. The minimum atomic E-state index is -0.559. The number of primary amides is 2. The molecule has 0 aliphatic rings. The van der Waals surface area contributed by atoms with Crippen LogP contribution >= 0.6 is 0 Å². The molecule has 0 atom stereocenters. The van der Waals surface area contributed by atoms with Crippen molar-refractivity contribution in [2.45, 2.75) is 0 Å². The summed E-state index contributed by atoms with van der Waals surface area (Å²) < 4.78 is 0. The molecule has 0 aromatic heterocycles. The molecule has 6 N–H and O–H groups in total. The van der Waals surface area contributed by atoms with E-state index in [4.69, 9.17) is 11.5 Å². The van der Waals surface area contributed by atoms with E-state index < -0.39 is 23.6 Å². The quantitative estimate of drug-likeness (QED) is 0.502. The maximum absolute atomic E-state index is 12.5. The van der Waals surface area contributed by atoms with Crippen molar-refractivity contribution < 1.29 is 19.2 Å². The Kier molecular flexibility index (Phi) is 5.88. The molecule has 0 spiro atoms. The summed E-state index contributed by atoms with van der Waals surface area (Å²) in [7, 11) is 0. The monoisotopic (exact) mass is 402 g/mol. The number of nitrogens with one attached hydrogen (secondary N) is 2. The molecule has 0 aliphatic carbocycles. The highest BCUT2D eigenvalue weighted by atomic mass is 16.2. The van der Waals surface area contributed by atoms with E-state index in [0.717, 1.165) is 0 Å². The van der Waals surface area contributed by atoms with Gasteiger partial charge in [0.1, 0.15) is 0 Å². The average Bonchev–Trinajstić information content (AvgIpc) is 2.74. The van der Waals surface area contributed by atoms with Crippen LogP contribution in [0.5, 0.6) is 0 Å². The zero-order valence-electron chi connectivity index (χ0n) is 15.7. The van der Waals surface area contributed by atoms with Crippen molar-refractivity contribution >= 4 is 35.0 Å². The molecule has 3 aromatic carbocycles. The fourth-order valence-corrected chi connectivity index (χ4v) is 2.64. The molecular weight excluding hydrogens is 384 g/mol. The Balaban J connectivity index is 1.69. The summed E-state index contributed by atoms with van der Waals surface area (Å²) in [6.45, 7) is 0. The normalized spacial score (nSPS) is 10.1. The molecule has 0 bridgehead atoms. The summed E-state index contributed by atoms with van der Waals surface area (Å²) in [5, 5.41) is 5.38. The van der Waals surface area contributed by atoms with E-state index in [0.29, 0.717) is 22.5 Å². The molecule has 0 heterocycles. The van der Waals surface area contributed by atoms with Crippen LogP contribution in [-0.4, -0.2) is 23.6 Å². The lowest BCUT2D eigenvalue weighted by atomic mass is 10.1. The summed E-state index contributed by atoms with van der Waals surface area (Å²) >= 11 is 0. The molecule has 0 saturated heterocycles. The van der Waals surface area contributed by atoms with Gasteiger partial charge in [-0.05, 0) is 66.7 Å². The molecular formula is C22H18N4O4. The molecule has 0 saturated carbocycles. The molecule has 8 heteroatoms. The fourth-order valence-electron chi connectivity index (χ4n) is 2.64. The lowest BCUT2D eigenvalue weighted by Crippen LogP contribution is -2.16. The van der Waals surface area contributed by atoms with Crippen LogP contribution in [0.15, 0.2) is 72.8 Å². The molecule has 4 amide bonds. The number of rotatable bonds is 6. The molecule has 150 valence electrons. The second-order valence-corrected chi connectivity index (χ2v) is 6.37. The standard InChI is InChI=1S/C22H18N4O4/c23-19(27)13-4-8-17(9-5-13)25-21(29)15-2-1-3-16(12-15)22(30)26-18-10-6-14(7-11-18)20(24)28/h1-12H,(H2,23,27)(H2,24,28)(H,25,29)(H,26,30). The molecule has 0 aliphatic heterocycles. The second-order valence-electron chi connectivity index (χ2n) is 6.37. The van der Waals surface area contributed by atoms with E-state index in [1.54, 1.807) is 42.5 Å². The first-order valence-electron chi connectivity index (χ1n) is 8.86. The Bertz CT molecular complexity index is 1040. The lowest BCUT2D eigenvalue weighted by Gasteiger charge is -2.09. The maximum atomic E-state index is 12.5. The van der Waals surface area contributed by atoms with Gasteiger partial charge in [0.05, 0.1) is 0 Å². The Morgan fingerprint density at radius 1 is 0.533 bits per heavy atom. The van der Waals surface area contributed by atoms with Crippen molar-refractivity contribution in [2.75, 3.05) is 10.6 Å². The van der Waals surface area contributed by atoms with Gasteiger partial charge in [0.15, 0.2) is 0 Å². The smallest absolute Gasteiger partial charge is 0.255 e. The fraction of sp³-hybridized carbons (Fsp3) is 0. The lowest BCUT2D eigenvalue weighted by molar-refractivity contribution is 0.0992. The second kappa shape index (κ2) is 8.70. The highest BCUT2D eigenvalue weighted by Gasteiger charge is 2.12. The number of carbonyl (C=O) groups excluding carboxylic acids is 4. The van der Waals surface area contributed by atoms with Gasteiger partial charge in [-0.3, -0.25) is 19.2 Å². The first-order chi connectivity index (χ1) is 14.3. The number of hydrogen-bond acceptors (Lipinski definition) is 4. The number of anilines is 2. The zero-order chi connectivity index (χ0) is 21.7. The topological polar surface area (TPSA) is 144 Å². The number of carbonyl (C=O) groups is 4. The highest BCUT2D eigenvalue weighted by Crippen LogP contribution is 2.15. The third-order valence-electron chi connectivity index (χ3n) is 4.24. The van der Waals surface area contributed by atoms with Crippen molar-refractivity contribution in [1.82, 2.24) is 0 Å². The van der Waals surface area contributed by atoms with E-state index in [1.165, 1.54) is 30.3 Å². The minimum absolute atomic E-state index is 0.283. The Hall–Kier alpha value is -4.46. The van der Waals surface area contributed by atoms with Crippen molar-refractivity contribution in [1.29, 1.82) is 0 Å². The van der Waals surface area contributed by atoms with E-state index in [2.05, 4.69) is 10.6 Å². The van der Waals surface area contributed by atoms with Crippen LogP contribution in [0.1, 0.15) is 41.4 Å². The van der Waals surface area contributed by atoms with E-state index >= 15 is 0 Å². The van der Waals surface area contributed by atoms with Crippen molar-refractivity contribution in [3.05, 3.63) is 95.1 Å². The van der Waals surface area contributed by atoms with Crippen LogP contribution in [0.25, 0.3) is 0 Å². The van der Waals surface area contributed by atoms with Crippen molar-refractivity contribution in [3.8, 4) is 0 Å². The largest absolute Gasteiger partial charge is 0.366 e. The van der Waals surface area contributed by atoms with Crippen LogP contribution in [0.3, 0.4) is 0 Å². The van der Waals surface area contributed by atoms with Crippen LogP contribution in [-0.2, 0) is 0 Å². The molecule has 0 unspecified atom stereocenters. The van der Waals surface area contributed by atoms with E-state index in [1.807, 2.05) is 0 Å². The van der Waals surface area contributed by atoms with Gasteiger partial charge in [0.25, 0.3) is 11.8 Å². The molecule has 30 heavy (non-hydrogen) atoms. The average molecular weight is 402 g/mol. The van der Waals surface area contributed by atoms with Gasteiger partial charge >= 0.3 is 0 Å². The SMILES string of the molecule is NC(=O)c1ccc(NC(=O)c2cccc(C(=O)Nc3ccc(C(N)=O)cc3)c2)cc1. The Morgan fingerprint density at radius 2 is 0.900 bits per heavy atom. The van der Waals surface area contributed by atoms with Gasteiger partial charge in [-0.1, -0.05) is 6.07 Å². The molecule has 0 fully saturated rings. The van der Waals surface area contributed by atoms with Gasteiger partial charge in [-0.15, -0.1) is 0 Å². The van der Waals surface area contributed by atoms with Crippen molar-refractivity contribution in [2.24, 2.45) is 11.5 Å². The van der Waals surface area contributed by atoms with Crippen LogP contribution in [0, 0.1) is 0 Å². The van der Waals surface area contributed by atoms with Gasteiger partial charge in [0.2, 0.25) is 11.8 Å². The van der Waals surface area contributed by atoms with Crippen molar-refractivity contribution in [3.63, 3.8) is 0 Å². The molecule has 8 nitrogen and oxygen atoms in total. The minimum Gasteiger partial charge on any atom is -0.366 e. The summed E-state index contributed by atoms with van der Waals surface area (Å²) in [5.41, 5.74) is 12.6. The first-order valence-corrected chi connectivity index (χ1v) is 8.86. The van der Waals surface area contributed by atoms with E-state index in [-0.39, 0.29) is 11.1 Å². The number of nitrogens with two attached hydrogens (primary N) is 2. The number of amides is 4. The third kappa shape index (κ3) is 4.87. The summed E-state index contributed by atoms with van der Waals surface area (Å²) in [6, 6.07) is 18.5. The molecule has 3 aromatic rings. The van der Waals surface area contributed by atoms with Crippen LogP contribution in [0.2, 0.25) is 0 Å². The van der Waals surface area contributed by atoms with Gasteiger partial charge in [-0.25, -0.2) is 0 Å². The predicted molar refractivity (Wildman–Crippen MR) is 112 cm³/mol. The summed E-state index contributed by atoms with van der Waals surface area (Å²) in [6.07, 6.45) is 0. The summed E-state index contributed by atoms with van der Waals surface area (Å²) in [5.74, 6) is -1.95. The Labute approximate surface area is 171 Å². The van der Waals surface area contributed by atoms with Crippen LogP contribution in [0.4, 0.5) is 11.4 Å². The van der Waals surface area contributed by atoms with Gasteiger partial charge in [0, 0.05) is 33.6 Å². The Morgan fingerprint density at radius 3 is 1.23 bits per heavy atom. The third-order valence-corrected chi connectivity index (χ3v) is 4.24. The zero-order valence-corrected chi connectivity index (χ0v) is 15.7. The maximum Gasteiger partial charge on any atom is 0.255 e. The highest BCUT2D eigenvalue weighted by molar-refractivity contribution is 6.09. The summed E-state index contributed by atoms with van der Waals surface area (Å²) in [4.78, 5) is 47.2.